The number of imidazole rings is 4. The molecule has 0 N–H and O–H groups in total. The lowest BCUT2D eigenvalue weighted by Crippen LogP contribution is -2.08. The van der Waals surface area contributed by atoms with Crippen molar-refractivity contribution in [3.05, 3.63) is 303 Å². The highest BCUT2D eigenvalue weighted by molar-refractivity contribution is 6.13. The molecule has 8 nitrogen and oxygen atoms in total. The Hall–Kier alpha value is -12.0. The van der Waals surface area contributed by atoms with Crippen LogP contribution in [0.5, 0.6) is 0 Å². The third kappa shape index (κ3) is 7.23. The topological polar surface area (TPSA) is 54.3 Å². The SMILES string of the molecule is Cc1c(-n2c3ccccc3c3ccccc32)c(-c2ccc3c(c2)n2c4cc(-c5ccccc5)ccc4nc2n3-c2ccccc2)cc(-c2ccc3c(c2)n2c4cc(-c5ccccc5)ccc4nc2n3-c2ccccc2)c1-n1c2ccccc2c2ccccc21. The summed E-state index contributed by atoms with van der Waals surface area (Å²) in [5, 5.41) is 4.81. The Morgan fingerprint density at radius 3 is 0.944 bits per heavy atom. The zero-order valence-electron chi connectivity index (χ0n) is 48.4. The molecule has 0 aliphatic carbocycles. The summed E-state index contributed by atoms with van der Waals surface area (Å²) in [5.41, 5.74) is 27.1. The van der Waals surface area contributed by atoms with Gasteiger partial charge in [-0.25, -0.2) is 9.97 Å². The van der Waals surface area contributed by atoms with Gasteiger partial charge in [-0.3, -0.25) is 17.9 Å². The summed E-state index contributed by atoms with van der Waals surface area (Å²) in [7, 11) is 0. The highest BCUT2D eigenvalue weighted by Gasteiger charge is 2.28. The van der Waals surface area contributed by atoms with E-state index in [9.17, 15) is 0 Å². The monoisotopic (exact) mass is 1140 g/mol. The first-order chi connectivity index (χ1) is 44.1. The maximum absolute atomic E-state index is 5.46. The van der Waals surface area contributed by atoms with Crippen LogP contribution in [0, 0.1) is 6.92 Å². The van der Waals surface area contributed by atoms with Crippen LogP contribution in [0.1, 0.15) is 5.56 Å². The van der Waals surface area contributed by atoms with E-state index in [0.29, 0.717) is 0 Å². The molecule has 0 saturated heterocycles. The van der Waals surface area contributed by atoms with Crippen molar-refractivity contribution in [2.75, 3.05) is 0 Å². The summed E-state index contributed by atoms with van der Waals surface area (Å²) in [6.45, 7) is 2.36. The highest BCUT2D eigenvalue weighted by Crippen LogP contribution is 2.48. The number of hydrogen-bond acceptors (Lipinski definition) is 2. The van der Waals surface area contributed by atoms with Gasteiger partial charge in [-0.2, -0.15) is 0 Å². The fourth-order valence-corrected chi connectivity index (χ4v) is 14.7. The van der Waals surface area contributed by atoms with Crippen molar-refractivity contribution >= 4 is 99.3 Å². The van der Waals surface area contributed by atoms with Crippen LogP contribution >= 0.6 is 0 Å². The Labute approximate surface area is 510 Å². The molecule has 0 fully saturated rings. The van der Waals surface area contributed by atoms with Gasteiger partial charge in [0.25, 0.3) is 0 Å². The lowest BCUT2D eigenvalue weighted by atomic mass is 9.91. The fraction of sp³-hybridized carbons (Fsp3) is 0.0123. The predicted octanol–water partition coefficient (Wildman–Crippen LogP) is 20.3. The molecule has 6 aromatic heterocycles. The Kier molecular flexibility index (Phi) is 10.5. The van der Waals surface area contributed by atoms with E-state index < -0.39 is 0 Å². The molecule has 19 aromatic rings. The van der Waals surface area contributed by atoms with Crippen LogP contribution in [0.4, 0.5) is 0 Å². The average Bonchev–Trinajstić information content (AvgIpc) is 1.65. The van der Waals surface area contributed by atoms with Gasteiger partial charge < -0.3 is 9.13 Å². The summed E-state index contributed by atoms with van der Waals surface area (Å²) in [6.07, 6.45) is 0. The Morgan fingerprint density at radius 2 is 0.562 bits per heavy atom. The van der Waals surface area contributed by atoms with Gasteiger partial charge in [-0.05, 0) is 149 Å². The first kappa shape index (κ1) is 49.3. The van der Waals surface area contributed by atoms with Crippen molar-refractivity contribution in [2.24, 2.45) is 0 Å². The number of rotatable bonds is 8. The molecule has 0 radical (unpaired) electrons. The molecule has 0 aliphatic heterocycles. The summed E-state index contributed by atoms with van der Waals surface area (Å²) in [4.78, 5) is 10.9. The third-order valence-electron chi connectivity index (χ3n) is 18.6. The third-order valence-corrected chi connectivity index (χ3v) is 18.6. The lowest BCUT2D eigenvalue weighted by Gasteiger charge is -2.25. The smallest absolute Gasteiger partial charge is 0.220 e. The second kappa shape index (κ2) is 19.0. The second-order valence-electron chi connectivity index (χ2n) is 23.4. The molecule has 0 atom stereocenters. The van der Waals surface area contributed by atoms with Gasteiger partial charge in [0.15, 0.2) is 0 Å². The molecule has 13 aromatic carbocycles. The summed E-state index contributed by atoms with van der Waals surface area (Å²) < 4.78 is 14.5. The van der Waals surface area contributed by atoms with E-state index >= 15 is 0 Å². The quantitative estimate of drug-likeness (QED) is 0.152. The molecule has 89 heavy (non-hydrogen) atoms. The molecule has 0 aliphatic rings. The molecular weight excluding hydrogens is 1080 g/mol. The minimum absolute atomic E-state index is 0.856. The van der Waals surface area contributed by atoms with Crippen LogP contribution < -0.4 is 0 Å². The van der Waals surface area contributed by atoms with Gasteiger partial charge in [0.2, 0.25) is 11.6 Å². The van der Waals surface area contributed by atoms with E-state index in [1.807, 2.05) is 0 Å². The van der Waals surface area contributed by atoms with Crippen LogP contribution in [0.25, 0.3) is 167 Å². The average molecular weight is 1140 g/mol. The minimum atomic E-state index is 0.856. The van der Waals surface area contributed by atoms with Crippen molar-refractivity contribution in [1.82, 2.24) is 37.0 Å². The Balaban J connectivity index is 0.970. The van der Waals surface area contributed by atoms with Crippen molar-refractivity contribution < 1.29 is 0 Å². The molecule has 8 heteroatoms. The number of nitrogens with zero attached hydrogens (tertiary/aromatic N) is 8. The number of hydrogen-bond donors (Lipinski definition) is 0. The van der Waals surface area contributed by atoms with Crippen LogP contribution in [-0.2, 0) is 0 Å². The predicted molar refractivity (Wildman–Crippen MR) is 368 cm³/mol. The molecule has 0 amide bonds. The van der Waals surface area contributed by atoms with Crippen LogP contribution in [0.3, 0.4) is 0 Å². The van der Waals surface area contributed by atoms with Gasteiger partial charge in [-0.15, -0.1) is 0 Å². The zero-order chi connectivity index (χ0) is 58.4. The van der Waals surface area contributed by atoms with Gasteiger partial charge in [0.1, 0.15) is 0 Å². The Bertz CT molecular complexity index is 5620. The van der Waals surface area contributed by atoms with E-state index in [0.717, 1.165) is 151 Å². The van der Waals surface area contributed by atoms with E-state index in [-0.39, 0.29) is 0 Å². The highest BCUT2D eigenvalue weighted by atomic mass is 15.2. The molecular formula is C81H52N8. The maximum atomic E-state index is 5.46. The van der Waals surface area contributed by atoms with E-state index in [1.54, 1.807) is 0 Å². The molecule has 0 unspecified atom stereocenters. The number of benzene rings is 13. The molecule has 0 saturated carbocycles. The first-order valence-electron chi connectivity index (χ1n) is 30.4. The standard InChI is InChI=1S/C81H52N8/c1-51-78(86-68-34-18-14-30-60(68)61-31-15-19-35-69(61)86)64(56-40-44-72-76(48-56)88-74-46-54(52-22-6-2-7-23-52)38-42-66(74)82-80(88)84(72)58-26-10-4-11-27-58)50-65(79(51)87-70-36-20-16-32-62(70)63-33-17-21-37-71(63)87)57-41-45-73-77(49-57)89-75-47-55(53-24-8-3-9-25-53)39-43-67(75)83-81(89)85(73)59-28-12-5-13-29-59/h2-50H,1H3. The van der Waals surface area contributed by atoms with Crippen molar-refractivity contribution in [3.8, 4) is 67.3 Å². The Morgan fingerprint density at radius 1 is 0.236 bits per heavy atom. The summed E-state index contributed by atoms with van der Waals surface area (Å²) >= 11 is 0. The van der Waals surface area contributed by atoms with Crippen molar-refractivity contribution in [1.29, 1.82) is 0 Å². The molecule has 0 bridgehead atoms. The van der Waals surface area contributed by atoms with E-state index in [2.05, 4.69) is 331 Å². The molecule has 19 rings (SSSR count). The minimum Gasteiger partial charge on any atom is -0.308 e. The normalized spacial score (nSPS) is 12.1. The van der Waals surface area contributed by atoms with Crippen molar-refractivity contribution in [3.63, 3.8) is 0 Å². The molecule has 6 heterocycles. The zero-order valence-corrected chi connectivity index (χ0v) is 48.4. The molecule has 416 valence electrons. The van der Waals surface area contributed by atoms with E-state index in [1.165, 1.54) is 21.5 Å². The lowest BCUT2D eigenvalue weighted by molar-refractivity contribution is 1.10. The van der Waals surface area contributed by atoms with Gasteiger partial charge in [0.05, 0.1) is 77.6 Å². The number of fused-ring (bicyclic) bond motifs is 16. The van der Waals surface area contributed by atoms with Gasteiger partial charge in [0, 0.05) is 44.0 Å². The number of para-hydroxylation sites is 6. The van der Waals surface area contributed by atoms with Crippen LogP contribution in [-0.4, -0.2) is 37.0 Å². The fourth-order valence-electron chi connectivity index (χ4n) is 14.7. The van der Waals surface area contributed by atoms with Crippen LogP contribution in [0.15, 0.2) is 297 Å². The maximum Gasteiger partial charge on any atom is 0.220 e. The second-order valence-corrected chi connectivity index (χ2v) is 23.4. The summed E-state index contributed by atoms with van der Waals surface area (Å²) in [5.74, 6) is 1.71. The molecule has 0 spiro atoms. The van der Waals surface area contributed by atoms with Gasteiger partial charge >= 0.3 is 0 Å². The van der Waals surface area contributed by atoms with Crippen molar-refractivity contribution in [2.45, 2.75) is 6.92 Å². The summed E-state index contributed by atoms with van der Waals surface area (Å²) in [6, 6.07) is 108. The van der Waals surface area contributed by atoms with Crippen LogP contribution in [0.2, 0.25) is 0 Å². The van der Waals surface area contributed by atoms with Gasteiger partial charge in [-0.1, -0.05) is 194 Å². The first-order valence-corrected chi connectivity index (χ1v) is 30.4. The number of aromatic nitrogens is 8. The van der Waals surface area contributed by atoms with E-state index in [4.69, 9.17) is 9.97 Å². The largest absolute Gasteiger partial charge is 0.308 e.